The van der Waals surface area contributed by atoms with E-state index in [-0.39, 0.29) is 17.3 Å². The highest BCUT2D eigenvalue weighted by Gasteiger charge is 2.36. The molecule has 0 unspecified atom stereocenters. The summed E-state index contributed by atoms with van der Waals surface area (Å²) in [7, 11) is 0. The number of allylic oxidation sites excluding steroid dienone is 1. The summed E-state index contributed by atoms with van der Waals surface area (Å²) in [5.41, 5.74) is -4.04. The zero-order valence-corrected chi connectivity index (χ0v) is 13.1. The number of benzene rings is 2. The molecule has 0 atom stereocenters. The maximum absolute atomic E-state index is 12.8. The quantitative estimate of drug-likeness (QED) is 0.227. The van der Waals surface area contributed by atoms with E-state index >= 15 is 0 Å². The van der Waals surface area contributed by atoms with Gasteiger partial charge in [0.1, 0.15) is 0 Å². The average molecular weight is 389 g/mol. The van der Waals surface area contributed by atoms with Gasteiger partial charge in [-0.1, -0.05) is 18.2 Å². The van der Waals surface area contributed by atoms with E-state index in [1.807, 2.05) is 0 Å². The summed E-state index contributed by atoms with van der Waals surface area (Å²) in [6.07, 6.45) is -8.48. The van der Waals surface area contributed by atoms with Gasteiger partial charge in [0.25, 0.3) is 5.69 Å². The van der Waals surface area contributed by atoms with Crippen LogP contribution in [0.2, 0.25) is 0 Å². The van der Waals surface area contributed by atoms with Gasteiger partial charge in [-0.2, -0.15) is 26.3 Å². The lowest BCUT2D eigenvalue weighted by Crippen LogP contribution is -2.11. The van der Waals surface area contributed by atoms with E-state index in [9.17, 15) is 41.3 Å². The van der Waals surface area contributed by atoms with Crippen LogP contribution in [-0.2, 0) is 12.4 Å². The van der Waals surface area contributed by atoms with Crippen molar-refractivity contribution in [3.63, 3.8) is 0 Å². The SMILES string of the molecule is O=C(/C=C/c1cc(C(F)(F)F)cc(C(F)(F)F)c1)c1cccc([N+](=O)[O-])c1. The minimum absolute atomic E-state index is 0.0281. The van der Waals surface area contributed by atoms with Crippen molar-refractivity contribution >= 4 is 17.5 Å². The van der Waals surface area contributed by atoms with Crippen LogP contribution >= 0.6 is 0 Å². The Labute approximate surface area is 147 Å². The lowest BCUT2D eigenvalue weighted by atomic mass is 10.0. The number of carbonyl (C=O) groups excluding carboxylic acids is 1. The number of hydrogen-bond donors (Lipinski definition) is 0. The summed E-state index contributed by atoms with van der Waals surface area (Å²) in [5, 5.41) is 10.7. The molecule has 27 heavy (non-hydrogen) atoms. The fourth-order valence-corrected chi connectivity index (χ4v) is 2.12. The molecule has 0 fully saturated rings. The molecule has 0 radical (unpaired) electrons. The van der Waals surface area contributed by atoms with E-state index in [2.05, 4.69) is 0 Å². The van der Waals surface area contributed by atoms with E-state index in [0.717, 1.165) is 24.3 Å². The summed E-state index contributed by atoms with van der Waals surface area (Å²) in [6, 6.07) is 5.43. The molecule has 0 saturated carbocycles. The number of hydrogen-bond acceptors (Lipinski definition) is 3. The first kappa shape index (κ1) is 20.1. The van der Waals surface area contributed by atoms with Crippen LogP contribution in [-0.4, -0.2) is 10.7 Å². The molecule has 2 aromatic rings. The number of nitro benzene ring substituents is 1. The van der Waals surface area contributed by atoms with Crippen molar-refractivity contribution in [2.75, 3.05) is 0 Å². The molecule has 2 aromatic carbocycles. The molecular weight excluding hydrogens is 380 g/mol. The zero-order valence-electron chi connectivity index (χ0n) is 13.1. The zero-order chi connectivity index (χ0) is 20.4. The predicted molar refractivity (Wildman–Crippen MR) is 82.9 cm³/mol. The molecule has 10 heteroatoms. The second kappa shape index (κ2) is 7.22. The maximum Gasteiger partial charge on any atom is 0.416 e. The number of halogens is 6. The number of non-ortho nitro benzene ring substituents is 1. The number of alkyl halides is 6. The van der Waals surface area contributed by atoms with E-state index in [4.69, 9.17) is 0 Å². The number of nitrogens with zero attached hydrogens (tertiary/aromatic N) is 1. The number of carbonyl (C=O) groups is 1. The van der Waals surface area contributed by atoms with Gasteiger partial charge in [-0.05, 0) is 29.8 Å². The van der Waals surface area contributed by atoms with E-state index in [1.165, 1.54) is 12.1 Å². The first-order valence-electron chi connectivity index (χ1n) is 7.14. The molecule has 0 heterocycles. The molecule has 0 aliphatic carbocycles. The third kappa shape index (κ3) is 5.16. The Kier molecular flexibility index (Phi) is 5.38. The van der Waals surface area contributed by atoms with Crippen LogP contribution in [0.15, 0.2) is 48.5 Å². The van der Waals surface area contributed by atoms with Crippen LogP contribution in [0, 0.1) is 10.1 Å². The molecule has 0 spiro atoms. The smallest absolute Gasteiger partial charge is 0.289 e. The van der Waals surface area contributed by atoms with Crippen molar-refractivity contribution in [2.24, 2.45) is 0 Å². The van der Waals surface area contributed by atoms with Gasteiger partial charge in [-0.15, -0.1) is 0 Å². The molecule has 4 nitrogen and oxygen atoms in total. The second-order valence-electron chi connectivity index (χ2n) is 5.34. The van der Waals surface area contributed by atoms with Gasteiger partial charge in [-0.25, -0.2) is 0 Å². The van der Waals surface area contributed by atoms with Gasteiger partial charge >= 0.3 is 12.4 Å². The van der Waals surface area contributed by atoms with Crippen molar-refractivity contribution in [1.29, 1.82) is 0 Å². The number of rotatable bonds is 4. The first-order chi connectivity index (χ1) is 12.4. The monoisotopic (exact) mass is 389 g/mol. The summed E-state index contributed by atoms with van der Waals surface area (Å²) in [5.74, 6) is -0.815. The maximum atomic E-state index is 12.8. The lowest BCUT2D eigenvalue weighted by molar-refractivity contribution is -0.384. The molecule has 2 rings (SSSR count). The van der Waals surface area contributed by atoms with Crippen molar-refractivity contribution < 1.29 is 36.1 Å². The third-order valence-corrected chi connectivity index (χ3v) is 3.38. The number of nitro groups is 1. The highest BCUT2D eigenvalue weighted by atomic mass is 19.4. The van der Waals surface area contributed by atoms with Gasteiger partial charge in [0.15, 0.2) is 5.78 Å². The summed E-state index contributed by atoms with van der Waals surface area (Å²) in [4.78, 5) is 21.9. The minimum Gasteiger partial charge on any atom is -0.289 e. The van der Waals surface area contributed by atoms with Gasteiger partial charge < -0.3 is 0 Å². The topological polar surface area (TPSA) is 60.2 Å². The van der Waals surface area contributed by atoms with Crippen molar-refractivity contribution in [2.45, 2.75) is 12.4 Å². The molecule has 0 aliphatic heterocycles. The molecule has 0 N–H and O–H groups in total. The Bertz CT molecular complexity index is 883. The van der Waals surface area contributed by atoms with Crippen molar-refractivity contribution in [3.8, 4) is 0 Å². The lowest BCUT2D eigenvalue weighted by Gasteiger charge is -2.12. The van der Waals surface area contributed by atoms with Gasteiger partial charge in [0.2, 0.25) is 0 Å². The Morgan fingerprint density at radius 3 is 1.96 bits per heavy atom. The van der Waals surface area contributed by atoms with Crippen LogP contribution in [0.25, 0.3) is 6.08 Å². The summed E-state index contributed by atoms with van der Waals surface area (Å²) < 4.78 is 76.8. The normalized spacial score (nSPS) is 12.4. The predicted octanol–water partition coefficient (Wildman–Crippen LogP) is 5.53. The Hall–Kier alpha value is -3.17. The van der Waals surface area contributed by atoms with Gasteiger partial charge in [0.05, 0.1) is 16.1 Å². The third-order valence-electron chi connectivity index (χ3n) is 3.38. The van der Waals surface area contributed by atoms with Crippen molar-refractivity contribution in [3.05, 3.63) is 80.9 Å². The van der Waals surface area contributed by atoms with Gasteiger partial charge in [0, 0.05) is 17.7 Å². The van der Waals surface area contributed by atoms with Crippen LogP contribution in [0.4, 0.5) is 32.0 Å². The summed E-state index contributed by atoms with van der Waals surface area (Å²) in [6.45, 7) is 0. The van der Waals surface area contributed by atoms with Crippen LogP contribution in [0.5, 0.6) is 0 Å². The minimum atomic E-state index is -5.01. The first-order valence-corrected chi connectivity index (χ1v) is 7.14. The van der Waals surface area contributed by atoms with Crippen LogP contribution < -0.4 is 0 Å². The second-order valence-corrected chi connectivity index (χ2v) is 5.34. The molecule has 0 aromatic heterocycles. The van der Waals surface area contributed by atoms with E-state index in [0.29, 0.717) is 12.1 Å². The Morgan fingerprint density at radius 2 is 1.48 bits per heavy atom. The summed E-state index contributed by atoms with van der Waals surface area (Å²) >= 11 is 0. The molecule has 0 saturated heterocycles. The largest absolute Gasteiger partial charge is 0.416 e. The van der Waals surface area contributed by atoms with E-state index in [1.54, 1.807) is 0 Å². The van der Waals surface area contributed by atoms with Crippen LogP contribution in [0.3, 0.4) is 0 Å². The molecule has 0 amide bonds. The van der Waals surface area contributed by atoms with Gasteiger partial charge in [-0.3, -0.25) is 14.9 Å². The molecule has 142 valence electrons. The average Bonchev–Trinajstić information content (AvgIpc) is 2.58. The van der Waals surface area contributed by atoms with Crippen LogP contribution in [0.1, 0.15) is 27.0 Å². The standard InChI is InChI=1S/C17H9F6NO3/c18-16(19,20)12-6-10(7-13(9-12)17(21,22)23)4-5-15(25)11-2-1-3-14(8-11)24(26)27/h1-9H/b5-4+. The highest BCUT2D eigenvalue weighted by Crippen LogP contribution is 2.36. The molecular formula is C17H9F6NO3. The van der Waals surface area contributed by atoms with Crippen molar-refractivity contribution in [1.82, 2.24) is 0 Å². The number of ketones is 1. The Balaban J connectivity index is 2.39. The Morgan fingerprint density at radius 1 is 0.926 bits per heavy atom. The molecule has 0 aliphatic rings. The fraction of sp³-hybridized carbons (Fsp3) is 0.118. The molecule has 0 bridgehead atoms. The highest BCUT2D eigenvalue weighted by molar-refractivity contribution is 6.07. The fourth-order valence-electron chi connectivity index (χ4n) is 2.12. The van der Waals surface area contributed by atoms with E-state index < -0.39 is 39.7 Å².